The summed E-state index contributed by atoms with van der Waals surface area (Å²) >= 11 is 0. The predicted octanol–water partition coefficient (Wildman–Crippen LogP) is 4.71. The molecule has 4 rings (SSSR count). The van der Waals surface area contributed by atoms with Crippen LogP contribution in [0.25, 0.3) is 22.5 Å². The quantitative estimate of drug-likeness (QED) is 0.625. The summed E-state index contributed by atoms with van der Waals surface area (Å²) in [5, 5.41) is 1.99. The van der Waals surface area contributed by atoms with Crippen molar-refractivity contribution in [3.05, 3.63) is 66.9 Å². The van der Waals surface area contributed by atoms with Gasteiger partial charge in [0.05, 0.1) is 17.6 Å². The van der Waals surface area contributed by atoms with Crippen LogP contribution in [-0.2, 0) is 4.79 Å². The number of nitrogens with one attached hydrogen (secondary N) is 1. The largest absolute Gasteiger partial charge is 0.471 e. The third-order valence-electron chi connectivity index (χ3n) is 5.60. The van der Waals surface area contributed by atoms with Gasteiger partial charge in [-0.15, -0.1) is 0 Å². The molecule has 32 heavy (non-hydrogen) atoms. The molecule has 3 aromatic rings. The minimum atomic E-state index is -4.84. The first-order valence-electron chi connectivity index (χ1n) is 10.5. The molecular formula is C24H23F3N4O. The van der Waals surface area contributed by atoms with E-state index in [2.05, 4.69) is 4.90 Å². The van der Waals surface area contributed by atoms with Gasteiger partial charge < -0.3 is 10.2 Å². The van der Waals surface area contributed by atoms with E-state index in [1.807, 2.05) is 66.0 Å². The second-order valence-electron chi connectivity index (χ2n) is 7.80. The zero-order valence-electron chi connectivity index (χ0n) is 17.3. The Hall–Kier alpha value is -3.42. The van der Waals surface area contributed by atoms with Crippen molar-refractivity contribution in [1.82, 2.24) is 15.3 Å². The molecule has 0 unspecified atom stereocenters. The lowest BCUT2D eigenvalue weighted by molar-refractivity contribution is -0.173. The molecule has 0 bridgehead atoms. The van der Waals surface area contributed by atoms with Crippen LogP contribution >= 0.6 is 0 Å². The molecule has 1 aliphatic heterocycles. The van der Waals surface area contributed by atoms with Crippen molar-refractivity contribution in [3.63, 3.8) is 0 Å². The van der Waals surface area contributed by atoms with E-state index in [9.17, 15) is 18.0 Å². The molecule has 8 heteroatoms. The summed E-state index contributed by atoms with van der Waals surface area (Å²) in [7, 11) is 0. The number of halogens is 3. The highest BCUT2D eigenvalue weighted by atomic mass is 19.4. The average molecular weight is 440 g/mol. The standard InChI is InChI=1S/C24H23F3N4O/c25-24(26,27)23(32)29-15-17-11-13-31(14-12-17)20-16-28-21(18-7-3-1-4-8-18)22(30-20)19-9-5-2-6-10-19/h1-10,16-17H,11-15H2,(H,29,32). The number of alkyl halides is 3. The molecule has 1 aromatic heterocycles. The molecule has 166 valence electrons. The number of aromatic nitrogens is 2. The van der Waals surface area contributed by atoms with Crippen molar-refractivity contribution in [2.24, 2.45) is 5.92 Å². The van der Waals surface area contributed by atoms with Crippen LogP contribution in [0.4, 0.5) is 19.0 Å². The van der Waals surface area contributed by atoms with Crippen LogP contribution in [0, 0.1) is 5.92 Å². The van der Waals surface area contributed by atoms with Crippen molar-refractivity contribution in [2.45, 2.75) is 19.0 Å². The molecule has 0 spiro atoms. The highest BCUT2D eigenvalue weighted by molar-refractivity contribution is 5.81. The number of nitrogens with zero attached hydrogens (tertiary/aromatic N) is 3. The minimum absolute atomic E-state index is 0.00250. The summed E-state index contributed by atoms with van der Waals surface area (Å²) in [6.07, 6.45) is -1.76. The number of benzene rings is 2. The van der Waals surface area contributed by atoms with Crippen LogP contribution < -0.4 is 10.2 Å². The molecule has 0 radical (unpaired) electrons. The molecule has 1 N–H and O–H groups in total. The number of hydrogen-bond donors (Lipinski definition) is 1. The Labute approximate surface area is 184 Å². The van der Waals surface area contributed by atoms with Gasteiger partial charge in [-0.05, 0) is 18.8 Å². The van der Waals surface area contributed by atoms with Crippen molar-refractivity contribution in [1.29, 1.82) is 0 Å². The first-order chi connectivity index (χ1) is 15.4. The molecule has 1 fully saturated rings. The summed E-state index contributed by atoms with van der Waals surface area (Å²) in [5.41, 5.74) is 3.52. The third kappa shape index (κ3) is 5.07. The van der Waals surface area contributed by atoms with Crippen LogP contribution in [0.3, 0.4) is 0 Å². The van der Waals surface area contributed by atoms with Crippen LogP contribution in [0.1, 0.15) is 12.8 Å². The van der Waals surface area contributed by atoms with Crippen LogP contribution in [0.15, 0.2) is 66.9 Å². The van der Waals surface area contributed by atoms with Gasteiger partial charge in [-0.2, -0.15) is 13.2 Å². The summed E-state index contributed by atoms with van der Waals surface area (Å²) in [6.45, 7) is 1.31. The molecule has 1 saturated heterocycles. The van der Waals surface area contributed by atoms with Crippen molar-refractivity contribution >= 4 is 11.7 Å². The molecule has 1 amide bonds. The maximum absolute atomic E-state index is 12.4. The first kappa shape index (κ1) is 21.8. The van der Waals surface area contributed by atoms with E-state index in [0.717, 1.165) is 28.3 Å². The highest BCUT2D eigenvalue weighted by Crippen LogP contribution is 2.31. The van der Waals surface area contributed by atoms with E-state index in [-0.39, 0.29) is 12.5 Å². The Balaban J connectivity index is 1.50. The van der Waals surface area contributed by atoms with Crippen molar-refractivity contribution in [3.8, 4) is 22.5 Å². The third-order valence-corrected chi connectivity index (χ3v) is 5.60. The zero-order valence-corrected chi connectivity index (χ0v) is 17.3. The maximum atomic E-state index is 12.4. The van der Waals surface area contributed by atoms with Gasteiger partial charge >= 0.3 is 12.1 Å². The Kier molecular flexibility index (Phi) is 6.39. The fourth-order valence-corrected chi connectivity index (χ4v) is 3.84. The lowest BCUT2D eigenvalue weighted by Gasteiger charge is -2.33. The summed E-state index contributed by atoms with van der Waals surface area (Å²) < 4.78 is 37.2. The van der Waals surface area contributed by atoms with E-state index < -0.39 is 12.1 Å². The number of carbonyl (C=O) groups is 1. The molecule has 2 heterocycles. The van der Waals surface area contributed by atoms with Gasteiger partial charge in [-0.1, -0.05) is 60.7 Å². The Morgan fingerprint density at radius 2 is 1.50 bits per heavy atom. The SMILES string of the molecule is O=C(NCC1CCN(c2cnc(-c3ccccc3)c(-c3ccccc3)n2)CC1)C(F)(F)F. The van der Waals surface area contributed by atoms with Gasteiger partial charge in [0.1, 0.15) is 5.82 Å². The van der Waals surface area contributed by atoms with Crippen LogP contribution in [0.2, 0.25) is 0 Å². The molecule has 0 saturated carbocycles. The topological polar surface area (TPSA) is 58.1 Å². The maximum Gasteiger partial charge on any atom is 0.471 e. The van der Waals surface area contributed by atoms with E-state index in [1.54, 1.807) is 6.20 Å². The fourth-order valence-electron chi connectivity index (χ4n) is 3.84. The van der Waals surface area contributed by atoms with Crippen LogP contribution in [-0.4, -0.2) is 41.7 Å². The monoisotopic (exact) mass is 440 g/mol. The van der Waals surface area contributed by atoms with E-state index in [1.165, 1.54) is 0 Å². The Morgan fingerprint density at radius 1 is 0.938 bits per heavy atom. The van der Waals surface area contributed by atoms with Gasteiger partial charge in [0.25, 0.3) is 0 Å². The average Bonchev–Trinajstić information content (AvgIpc) is 2.83. The minimum Gasteiger partial charge on any atom is -0.355 e. The number of carbonyl (C=O) groups excluding carboxylic acids is 1. The predicted molar refractivity (Wildman–Crippen MR) is 117 cm³/mol. The molecular weight excluding hydrogens is 417 g/mol. The second kappa shape index (κ2) is 9.38. The second-order valence-corrected chi connectivity index (χ2v) is 7.80. The van der Waals surface area contributed by atoms with Gasteiger partial charge in [-0.3, -0.25) is 9.78 Å². The molecule has 0 atom stereocenters. The molecule has 0 aliphatic carbocycles. The number of rotatable bonds is 5. The fraction of sp³-hybridized carbons (Fsp3) is 0.292. The normalized spacial score (nSPS) is 14.9. The molecule has 1 aliphatic rings. The number of piperidine rings is 1. The van der Waals surface area contributed by atoms with Gasteiger partial charge in [0, 0.05) is 30.8 Å². The number of anilines is 1. The van der Waals surface area contributed by atoms with Crippen molar-refractivity contribution < 1.29 is 18.0 Å². The lowest BCUT2D eigenvalue weighted by atomic mass is 9.96. The van der Waals surface area contributed by atoms with Crippen molar-refractivity contribution in [2.75, 3.05) is 24.5 Å². The smallest absolute Gasteiger partial charge is 0.355 e. The van der Waals surface area contributed by atoms with E-state index in [0.29, 0.717) is 25.9 Å². The van der Waals surface area contributed by atoms with Gasteiger partial charge in [-0.25, -0.2) is 4.98 Å². The molecule has 2 aromatic carbocycles. The summed E-state index contributed by atoms with van der Waals surface area (Å²) in [4.78, 5) is 22.8. The van der Waals surface area contributed by atoms with E-state index >= 15 is 0 Å². The first-order valence-corrected chi connectivity index (χ1v) is 10.5. The molecule has 5 nitrogen and oxygen atoms in total. The highest BCUT2D eigenvalue weighted by Gasteiger charge is 2.38. The zero-order chi connectivity index (χ0) is 22.6. The Bertz CT molecular complexity index is 1050. The van der Waals surface area contributed by atoms with Gasteiger partial charge in [0.15, 0.2) is 0 Å². The van der Waals surface area contributed by atoms with Crippen LogP contribution in [0.5, 0.6) is 0 Å². The Morgan fingerprint density at radius 3 is 2.06 bits per heavy atom. The summed E-state index contributed by atoms with van der Waals surface area (Å²) in [6, 6.07) is 19.7. The van der Waals surface area contributed by atoms with E-state index in [4.69, 9.17) is 9.97 Å². The number of hydrogen-bond acceptors (Lipinski definition) is 4. The number of amides is 1. The summed E-state index contributed by atoms with van der Waals surface area (Å²) in [5.74, 6) is -1.14. The lowest BCUT2D eigenvalue weighted by Crippen LogP contribution is -2.42. The van der Waals surface area contributed by atoms with Gasteiger partial charge in [0.2, 0.25) is 0 Å².